The van der Waals surface area contributed by atoms with Crippen LogP contribution in [0, 0.1) is 0 Å². The molecule has 1 aliphatic rings. The van der Waals surface area contributed by atoms with E-state index in [9.17, 15) is 9.59 Å². The van der Waals surface area contributed by atoms with Gasteiger partial charge in [-0.1, -0.05) is 6.07 Å². The van der Waals surface area contributed by atoms with E-state index in [-0.39, 0.29) is 5.91 Å². The fraction of sp³-hybridized carbons (Fsp3) is 0.500. The second-order valence-electron chi connectivity index (χ2n) is 5.67. The van der Waals surface area contributed by atoms with Gasteiger partial charge in [-0.3, -0.25) is 9.69 Å². The summed E-state index contributed by atoms with van der Waals surface area (Å²) >= 11 is 1.53. The van der Waals surface area contributed by atoms with Gasteiger partial charge in [0.1, 0.15) is 17.5 Å². The Balaban J connectivity index is 2.01. The van der Waals surface area contributed by atoms with Gasteiger partial charge in [0, 0.05) is 11.9 Å². The molecular weight excluding hydrogens is 290 g/mol. The Morgan fingerprint density at radius 1 is 1.43 bits per heavy atom. The lowest BCUT2D eigenvalue weighted by Crippen LogP contribution is -2.46. The number of ether oxygens (including phenoxy) is 1. The standard InChI is InChI=1S/C14H19N3O3S/c1-14(2,3)20-13(19)17-9-21-8-10(17)12(18)16-11-6-4-5-7-15-11/h4-7,10H,8-9H2,1-3H3,(H,15,16,18). The number of carbonyl (C=O) groups excluding carboxylic acids is 2. The second kappa shape index (κ2) is 6.34. The van der Waals surface area contributed by atoms with Crippen molar-refractivity contribution >= 4 is 29.6 Å². The zero-order chi connectivity index (χ0) is 15.5. The molecule has 0 saturated carbocycles. The van der Waals surface area contributed by atoms with Crippen LogP contribution in [0.4, 0.5) is 10.6 Å². The molecule has 6 nitrogen and oxygen atoms in total. The third-order valence-corrected chi connectivity index (χ3v) is 3.74. The fourth-order valence-corrected chi connectivity index (χ4v) is 2.95. The minimum Gasteiger partial charge on any atom is -0.444 e. The normalized spacial score (nSPS) is 18.4. The van der Waals surface area contributed by atoms with Crippen molar-refractivity contribution in [3.8, 4) is 0 Å². The number of carbonyl (C=O) groups is 2. The lowest BCUT2D eigenvalue weighted by molar-refractivity contribution is -0.120. The number of amides is 2. The van der Waals surface area contributed by atoms with E-state index in [2.05, 4.69) is 10.3 Å². The Bertz CT molecular complexity index is 516. The van der Waals surface area contributed by atoms with E-state index in [1.165, 1.54) is 16.7 Å². The van der Waals surface area contributed by atoms with E-state index in [1.807, 2.05) is 0 Å². The van der Waals surface area contributed by atoms with Crippen LogP contribution in [-0.2, 0) is 9.53 Å². The van der Waals surface area contributed by atoms with Crippen molar-refractivity contribution in [3.05, 3.63) is 24.4 Å². The minimum absolute atomic E-state index is 0.246. The van der Waals surface area contributed by atoms with Crippen LogP contribution in [0.15, 0.2) is 24.4 Å². The zero-order valence-electron chi connectivity index (χ0n) is 12.3. The Morgan fingerprint density at radius 3 is 2.81 bits per heavy atom. The molecule has 1 N–H and O–H groups in total. The molecule has 114 valence electrons. The van der Waals surface area contributed by atoms with Crippen LogP contribution in [-0.4, -0.2) is 45.2 Å². The Hall–Kier alpha value is -1.76. The molecule has 7 heteroatoms. The van der Waals surface area contributed by atoms with Gasteiger partial charge in [0.15, 0.2) is 0 Å². The summed E-state index contributed by atoms with van der Waals surface area (Å²) in [5.41, 5.74) is -0.577. The first kappa shape index (κ1) is 15.6. The van der Waals surface area contributed by atoms with E-state index in [0.717, 1.165) is 0 Å². The molecule has 0 radical (unpaired) electrons. The molecule has 1 aromatic rings. The van der Waals surface area contributed by atoms with Gasteiger partial charge in [-0.2, -0.15) is 0 Å². The van der Waals surface area contributed by atoms with Crippen molar-refractivity contribution in [3.63, 3.8) is 0 Å². The van der Waals surface area contributed by atoms with Gasteiger partial charge >= 0.3 is 6.09 Å². The summed E-state index contributed by atoms with van der Waals surface area (Å²) in [6.07, 6.45) is 1.14. The highest BCUT2D eigenvalue weighted by Crippen LogP contribution is 2.24. The van der Waals surface area contributed by atoms with Gasteiger partial charge in [0.05, 0.1) is 5.88 Å². The van der Waals surface area contributed by atoms with Crippen LogP contribution in [0.3, 0.4) is 0 Å². The zero-order valence-corrected chi connectivity index (χ0v) is 13.1. The Kier molecular flexibility index (Phi) is 4.72. The highest BCUT2D eigenvalue weighted by Gasteiger charge is 2.37. The summed E-state index contributed by atoms with van der Waals surface area (Å²) < 4.78 is 5.33. The molecule has 0 aliphatic carbocycles. The maximum absolute atomic E-state index is 12.3. The number of anilines is 1. The molecule has 1 unspecified atom stereocenters. The molecule has 2 amide bonds. The number of hydrogen-bond acceptors (Lipinski definition) is 5. The smallest absolute Gasteiger partial charge is 0.411 e. The number of hydrogen-bond donors (Lipinski definition) is 1. The lowest BCUT2D eigenvalue weighted by atomic mass is 10.2. The number of rotatable bonds is 2. The molecular formula is C14H19N3O3S. The topological polar surface area (TPSA) is 71.5 Å². The summed E-state index contributed by atoms with van der Waals surface area (Å²) in [5, 5.41) is 2.72. The quantitative estimate of drug-likeness (QED) is 0.908. The van der Waals surface area contributed by atoms with Gasteiger partial charge in [-0.05, 0) is 32.9 Å². The molecule has 1 fully saturated rings. The molecule has 1 aliphatic heterocycles. The predicted octanol–water partition coefficient (Wildman–Crippen LogP) is 2.33. The van der Waals surface area contributed by atoms with Crippen molar-refractivity contribution in [2.45, 2.75) is 32.4 Å². The van der Waals surface area contributed by atoms with Crippen LogP contribution >= 0.6 is 11.8 Å². The Morgan fingerprint density at radius 2 is 2.19 bits per heavy atom. The maximum atomic E-state index is 12.3. The number of pyridine rings is 1. The number of nitrogens with zero attached hydrogens (tertiary/aromatic N) is 2. The SMILES string of the molecule is CC(C)(C)OC(=O)N1CSCC1C(=O)Nc1ccccn1. The molecule has 0 aromatic carbocycles. The first-order valence-corrected chi connectivity index (χ1v) is 7.81. The highest BCUT2D eigenvalue weighted by atomic mass is 32.2. The van der Waals surface area contributed by atoms with E-state index >= 15 is 0 Å². The summed E-state index contributed by atoms with van der Waals surface area (Å²) in [5.74, 6) is 1.24. The van der Waals surface area contributed by atoms with Gasteiger partial charge in [-0.25, -0.2) is 9.78 Å². The monoisotopic (exact) mass is 309 g/mol. The molecule has 2 rings (SSSR count). The Labute approximate surface area is 128 Å². The molecule has 0 spiro atoms. The third kappa shape index (κ3) is 4.35. The van der Waals surface area contributed by atoms with Crippen LogP contribution in [0.25, 0.3) is 0 Å². The largest absolute Gasteiger partial charge is 0.444 e. The summed E-state index contributed by atoms with van der Waals surface area (Å²) in [6, 6.07) is 4.73. The van der Waals surface area contributed by atoms with E-state index in [0.29, 0.717) is 17.4 Å². The van der Waals surface area contributed by atoms with Gasteiger partial charge in [0.25, 0.3) is 0 Å². The fourth-order valence-electron chi connectivity index (χ4n) is 1.81. The van der Waals surface area contributed by atoms with Crippen molar-refractivity contribution < 1.29 is 14.3 Å². The second-order valence-corrected chi connectivity index (χ2v) is 6.67. The van der Waals surface area contributed by atoms with E-state index in [1.54, 1.807) is 45.2 Å². The summed E-state index contributed by atoms with van der Waals surface area (Å²) in [7, 11) is 0. The molecule has 1 atom stereocenters. The van der Waals surface area contributed by atoms with Gasteiger partial charge in [0.2, 0.25) is 5.91 Å². The highest BCUT2D eigenvalue weighted by molar-refractivity contribution is 7.99. The average molecular weight is 309 g/mol. The number of aromatic nitrogens is 1. The van der Waals surface area contributed by atoms with Crippen LogP contribution in [0.1, 0.15) is 20.8 Å². The molecule has 1 aromatic heterocycles. The van der Waals surface area contributed by atoms with Crippen molar-refractivity contribution in [1.29, 1.82) is 0 Å². The first-order valence-electron chi connectivity index (χ1n) is 6.66. The van der Waals surface area contributed by atoms with Gasteiger partial charge in [-0.15, -0.1) is 11.8 Å². The first-order chi connectivity index (χ1) is 9.87. The molecule has 2 heterocycles. The predicted molar refractivity (Wildman–Crippen MR) is 82.1 cm³/mol. The summed E-state index contributed by atoms with van der Waals surface area (Å²) in [6.45, 7) is 5.41. The van der Waals surface area contributed by atoms with Crippen molar-refractivity contribution in [2.75, 3.05) is 16.9 Å². The maximum Gasteiger partial charge on any atom is 0.411 e. The van der Waals surface area contributed by atoms with E-state index in [4.69, 9.17) is 4.74 Å². The van der Waals surface area contributed by atoms with E-state index < -0.39 is 17.7 Å². The average Bonchev–Trinajstić information content (AvgIpc) is 2.87. The summed E-state index contributed by atoms with van der Waals surface area (Å²) in [4.78, 5) is 29.9. The van der Waals surface area contributed by atoms with Crippen molar-refractivity contribution in [1.82, 2.24) is 9.88 Å². The van der Waals surface area contributed by atoms with Gasteiger partial charge < -0.3 is 10.1 Å². The number of thioether (sulfide) groups is 1. The lowest BCUT2D eigenvalue weighted by Gasteiger charge is -2.27. The molecule has 1 saturated heterocycles. The van der Waals surface area contributed by atoms with Crippen molar-refractivity contribution in [2.24, 2.45) is 0 Å². The molecule has 21 heavy (non-hydrogen) atoms. The van der Waals surface area contributed by atoms with Crippen LogP contribution in [0.5, 0.6) is 0 Å². The van der Waals surface area contributed by atoms with Crippen LogP contribution in [0.2, 0.25) is 0 Å². The van der Waals surface area contributed by atoms with Crippen LogP contribution < -0.4 is 5.32 Å². The number of nitrogens with one attached hydrogen (secondary N) is 1. The molecule has 0 bridgehead atoms. The third-order valence-electron chi connectivity index (χ3n) is 2.73. The minimum atomic E-state index is -0.577.